The minimum Gasteiger partial charge on any atom is -0.431 e. The summed E-state index contributed by atoms with van der Waals surface area (Å²) in [6, 6.07) is -0.487. The van der Waals surface area contributed by atoms with Gasteiger partial charge in [0.05, 0.1) is 22.9 Å². The summed E-state index contributed by atoms with van der Waals surface area (Å²) in [5, 5.41) is 10.3. The molecule has 2 aliphatic heterocycles. The molecule has 14 heteroatoms. The number of nitrogens with zero attached hydrogens (tertiary/aromatic N) is 3. The van der Waals surface area contributed by atoms with Crippen molar-refractivity contribution in [1.29, 1.82) is 0 Å². The zero-order valence-electron chi connectivity index (χ0n) is 25.1. The van der Waals surface area contributed by atoms with Crippen LogP contribution in [0.3, 0.4) is 0 Å². The topological polar surface area (TPSA) is 154 Å². The van der Waals surface area contributed by atoms with Gasteiger partial charge in [-0.25, -0.2) is 23.0 Å². The molecule has 12 nitrogen and oxygen atoms in total. The Morgan fingerprint density at radius 2 is 1.73 bits per heavy atom. The standard InChI is InChI=1S/C30H39N3O9S2/c1-16-21(20-14-32-15-31-25(27(32)43-20)44(3,38)39)24(33-23(16)22(17(2)34)26(33)35)28(36)41-29(18-10-6-4-7-11-18)42-30(37)40-19-12-8-5-9-13-19/h14-19,22-23,29,34H,4-13H2,1-3H3/t16-,17+,22+,23+,29?/m0/s1. The number of hydrogen-bond acceptors (Lipinski definition) is 11. The first-order chi connectivity index (χ1) is 21.0. The van der Waals surface area contributed by atoms with Gasteiger partial charge < -0.3 is 24.2 Å². The molecule has 5 atom stereocenters. The first-order valence-electron chi connectivity index (χ1n) is 15.5. The highest BCUT2D eigenvalue weighted by molar-refractivity contribution is 7.91. The van der Waals surface area contributed by atoms with Gasteiger partial charge in [-0.2, -0.15) is 0 Å². The number of rotatable bonds is 8. The fourth-order valence-electron chi connectivity index (χ4n) is 7.27. The molecule has 3 fully saturated rings. The molecular weight excluding hydrogens is 610 g/mol. The predicted molar refractivity (Wildman–Crippen MR) is 159 cm³/mol. The Balaban J connectivity index is 1.34. The number of aromatic nitrogens is 2. The number of thiazole rings is 1. The Bertz CT molecular complexity index is 1580. The lowest BCUT2D eigenvalue weighted by Gasteiger charge is -2.46. The van der Waals surface area contributed by atoms with E-state index in [0.717, 1.165) is 69.0 Å². The molecule has 0 aromatic carbocycles. The van der Waals surface area contributed by atoms with Crippen molar-refractivity contribution >= 4 is 49.6 Å². The lowest BCUT2D eigenvalue weighted by Crippen LogP contribution is -2.63. The molecule has 2 saturated carbocycles. The molecule has 4 aliphatic rings. The monoisotopic (exact) mass is 649 g/mol. The summed E-state index contributed by atoms with van der Waals surface area (Å²) >= 11 is 1.15. The summed E-state index contributed by atoms with van der Waals surface area (Å²) in [6.45, 7) is 3.42. The smallest absolute Gasteiger partial charge is 0.431 e. The minimum atomic E-state index is -3.62. The summed E-state index contributed by atoms with van der Waals surface area (Å²) in [5.41, 5.74) is 0.532. The van der Waals surface area contributed by atoms with Gasteiger partial charge in [0.1, 0.15) is 23.0 Å². The maximum absolute atomic E-state index is 14.1. The van der Waals surface area contributed by atoms with E-state index in [9.17, 15) is 27.9 Å². The molecule has 0 spiro atoms. The van der Waals surface area contributed by atoms with E-state index >= 15 is 0 Å². The van der Waals surface area contributed by atoms with Crippen molar-refractivity contribution in [2.24, 2.45) is 17.8 Å². The Morgan fingerprint density at radius 3 is 2.36 bits per heavy atom. The molecular formula is C30H39N3O9S2. The second kappa shape index (κ2) is 12.1. The van der Waals surface area contributed by atoms with Crippen molar-refractivity contribution in [3.05, 3.63) is 23.1 Å². The molecule has 1 saturated heterocycles. The number of carbonyl (C=O) groups excluding carboxylic acids is 3. The quantitative estimate of drug-likeness (QED) is 0.249. The van der Waals surface area contributed by atoms with Gasteiger partial charge in [0.25, 0.3) is 6.29 Å². The number of aliphatic hydroxyl groups is 1. The van der Waals surface area contributed by atoms with E-state index in [1.54, 1.807) is 17.5 Å². The van der Waals surface area contributed by atoms with Crippen molar-refractivity contribution in [3.63, 3.8) is 0 Å². The molecule has 2 aliphatic carbocycles. The molecule has 2 aromatic heterocycles. The Labute approximate surface area is 260 Å². The van der Waals surface area contributed by atoms with E-state index in [1.165, 1.54) is 11.2 Å². The van der Waals surface area contributed by atoms with Crippen LogP contribution in [0.2, 0.25) is 0 Å². The first-order valence-corrected chi connectivity index (χ1v) is 18.2. The molecule has 0 bridgehead atoms. The predicted octanol–water partition coefficient (Wildman–Crippen LogP) is 4.30. The van der Waals surface area contributed by atoms with Crippen molar-refractivity contribution in [1.82, 2.24) is 14.3 Å². The Kier molecular flexibility index (Phi) is 8.52. The van der Waals surface area contributed by atoms with E-state index in [0.29, 0.717) is 28.1 Å². The van der Waals surface area contributed by atoms with E-state index in [1.807, 2.05) is 6.92 Å². The van der Waals surface area contributed by atoms with Crippen LogP contribution < -0.4 is 0 Å². The van der Waals surface area contributed by atoms with Crippen LogP contribution in [0, 0.1) is 17.8 Å². The number of sulfone groups is 1. The highest BCUT2D eigenvalue weighted by Gasteiger charge is 2.60. The molecule has 44 heavy (non-hydrogen) atoms. The van der Waals surface area contributed by atoms with Crippen molar-refractivity contribution < 1.29 is 42.1 Å². The van der Waals surface area contributed by atoms with Crippen molar-refractivity contribution in [3.8, 4) is 0 Å². The van der Waals surface area contributed by atoms with Crippen molar-refractivity contribution in [2.45, 2.75) is 108 Å². The zero-order valence-corrected chi connectivity index (χ0v) is 26.8. The highest BCUT2D eigenvalue weighted by atomic mass is 32.2. The van der Waals surface area contributed by atoms with Crippen LogP contribution in [-0.4, -0.2) is 76.6 Å². The maximum atomic E-state index is 14.1. The number of fused-ring (bicyclic) bond motifs is 2. The number of aliphatic hydroxyl groups excluding tert-OH is 1. The first kappa shape index (κ1) is 31.0. The van der Waals surface area contributed by atoms with Crippen molar-refractivity contribution in [2.75, 3.05) is 6.26 Å². The highest BCUT2D eigenvalue weighted by Crippen LogP contribution is 2.52. The van der Waals surface area contributed by atoms with Crippen LogP contribution in [0.15, 0.2) is 23.2 Å². The number of esters is 1. The Hall–Kier alpha value is -2.97. The lowest BCUT2D eigenvalue weighted by atomic mass is 9.77. The number of hydrogen-bond donors (Lipinski definition) is 1. The number of amides is 1. The third-order valence-electron chi connectivity index (χ3n) is 9.45. The van der Waals surface area contributed by atoms with Crippen LogP contribution in [-0.2, 0) is 33.6 Å². The van der Waals surface area contributed by atoms with Gasteiger partial charge in [0.15, 0.2) is 14.9 Å². The van der Waals surface area contributed by atoms with E-state index < -0.39 is 52.2 Å². The average molecular weight is 650 g/mol. The molecule has 6 rings (SSSR count). The van der Waals surface area contributed by atoms with Gasteiger partial charge >= 0.3 is 12.1 Å². The minimum absolute atomic E-state index is 0.0211. The normalized spacial score (nSPS) is 26.3. The second-order valence-electron chi connectivity index (χ2n) is 12.6. The Morgan fingerprint density at radius 1 is 1.07 bits per heavy atom. The van der Waals surface area contributed by atoms with E-state index in [-0.39, 0.29) is 28.7 Å². The molecule has 1 unspecified atom stereocenters. The third-order valence-corrected chi connectivity index (χ3v) is 11.7. The fourth-order valence-corrected chi connectivity index (χ4v) is 9.62. The third kappa shape index (κ3) is 5.64. The molecule has 1 amide bonds. The van der Waals surface area contributed by atoms with Gasteiger partial charge in [0.2, 0.25) is 5.91 Å². The lowest BCUT2D eigenvalue weighted by molar-refractivity contribution is -0.186. The summed E-state index contributed by atoms with van der Waals surface area (Å²) in [5.74, 6) is -2.51. The average Bonchev–Trinajstić information content (AvgIpc) is 3.63. The number of imidazole rings is 1. The summed E-state index contributed by atoms with van der Waals surface area (Å²) in [7, 11) is -3.62. The van der Waals surface area contributed by atoms with Crippen LogP contribution in [0.4, 0.5) is 4.79 Å². The van der Waals surface area contributed by atoms with Gasteiger partial charge in [-0.3, -0.25) is 9.20 Å². The summed E-state index contributed by atoms with van der Waals surface area (Å²) in [6.07, 6.45) is 9.83. The maximum Gasteiger partial charge on any atom is 0.511 e. The molecule has 240 valence electrons. The largest absolute Gasteiger partial charge is 0.511 e. The van der Waals surface area contributed by atoms with Crippen LogP contribution in [0.25, 0.3) is 10.4 Å². The van der Waals surface area contributed by atoms with E-state index in [4.69, 9.17) is 14.2 Å². The molecule has 0 radical (unpaired) electrons. The summed E-state index contributed by atoms with van der Waals surface area (Å²) in [4.78, 5) is 46.7. The second-order valence-corrected chi connectivity index (χ2v) is 15.5. The molecule has 2 aromatic rings. The van der Waals surface area contributed by atoms with Crippen LogP contribution in [0.1, 0.15) is 82.9 Å². The van der Waals surface area contributed by atoms with Gasteiger partial charge in [-0.15, -0.1) is 11.3 Å². The molecule has 4 heterocycles. The van der Waals surface area contributed by atoms with Crippen LogP contribution in [0.5, 0.6) is 0 Å². The molecule has 1 N–H and O–H groups in total. The summed E-state index contributed by atoms with van der Waals surface area (Å²) < 4.78 is 43.5. The van der Waals surface area contributed by atoms with Gasteiger partial charge in [-0.1, -0.05) is 32.6 Å². The van der Waals surface area contributed by atoms with Gasteiger partial charge in [0, 0.05) is 29.9 Å². The number of carbonyl (C=O) groups is 3. The SMILES string of the molecule is C[C@@H](O)[C@H]1C(=O)N2C(C(=O)OC(OC(=O)OC3CCCCC3)C3CCCCC3)=C(c3cn4cnc(S(C)(=O)=O)c4s3)[C@H](C)[C@H]12. The zero-order chi connectivity index (χ0) is 31.3. The van der Waals surface area contributed by atoms with E-state index in [2.05, 4.69) is 4.98 Å². The number of β-lactam (4-membered cyclic amide) rings is 1. The van der Waals surface area contributed by atoms with Crippen LogP contribution >= 0.6 is 11.3 Å². The fraction of sp³-hybridized carbons (Fsp3) is 0.667. The number of ether oxygens (including phenoxy) is 3. The van der Waals surface area contributed by atoms with Gasteiger partial charge in [-0.05, 0) is 45.4 Å².